The summed E-state index contributed by atoms with van der Waals surface area (Å²) in [4.78, 5) is 44.1. The Morgan fingerprint density at radius 1 is 0.633 bits per heavy atom. The normalized spacial score (nSPS) is 14.3. The smallest absolute Gasteiger partial charge is 0.333 e. The van der Waals surface area contributed by atoms with E-state index in [9.17, 15) is 14.4 Å². The van der Waals surface area contributed by atoms with Gasteiger partial charge in [0.25, 0.3) is 11.8 Å². The van der Waals surface area contributed by atoms with Crippen molar-refractivity contribution in [1.82, 2.24) is 9.80 Å². The second-order valence-electron chi connectivity index (χ2n) is 7.64. The van der Waals surface area contributed by atoms with E-state index in [4.69, 9.17) is 0 Å². The average Bonchev–Trinajstić information content (AvgIpc) is 2.74. The Balaban J connectivity index is 2.26. The minimum atomic E-state index is -0.640. The lowest BCUT2D eigenvalue weighted by Gasteiger charge is -2.30. The minimum Gasteiger partial charge on any atom is -0.378 e. The van der Waals surface area contributed by atoms with Crippen molar-refractivity contribution in [3.8, 4) is 0 Å². The molecule has 0 bridgehead atoms. The molecule has 1 aliphatic rings. The molecule has 0 spiro atoms. The van der Waals surface area contributed by atoms with Crippen LogP contribution in [0.5, 0.6) is 0 Å². The number of hydrogen-bond acceptors (Lipinski definition) is 5. The molecule has 0 aliphatic carbocycles. The molecule has 1 fully saturated rings. The summed E-state index contributed by atoms with van der Waals surface area (Å²) < 4.78 is 0. The van der Waals surface area contributed by atoms with Gasteiger partial charge in [-0.1, -0.05) is 24.3 Å². The summed E-state index contributed by atoms with van der Waals surface area (Å²) in [6.45, 7) is 0. The van der Waals surface area contributed by atoms with Crippen LogP contribution < -0.4 is 9.80 Å². The number of urea groups is 1. The molecule has 2 aromatic carbocycles. The van der Waals surface area contributed by atoms with Gasteiger partial charge < -0.3 is 9.80 Å². The van der Waals surface area contributed by atoms with Gasteiger partial charge in [-0.15, -0.1) is 0 Å². The van der Waals surface area contributed by atoms with E-state index in [0.717, 1.165) is 32.3 Å². The largest absolute Gasteiger partial charge is 0.378 e. The predicted molar refractivity (Wildman–Crippen MR) is 118 cm³/mol. The van der Waals surface area contributed by atoms with E-state index in [-0.39, 0.29) is 5.57 Å². The highest BCUT2D eigenvalue weighted by atomic mass is 16.2. The third kappa shape index (κ3) is 3.66. The number of barbiturate groups is 1. The van der Waals surface area contributed by atoms with Crippen molar-refractivity contribution in [1.29, 1.82) is 0 Å². The lowest BCUT2D eigenvalue weighted by atomic mass is 9.90. The SMILES string of the molecule is CN1C(=O)C(=C(c2ccc(N(C)C)cc2)c2ccc(N(C)C)cc2)C(=O)N(C)C1=O. The van der Waals surface area contributed by atoms with Crippen LogP contribution in [0.15, 0.2) is 54.1 Å². The molecule has 1 aliphatic heterocycles. The highest BCUT2D eigenvalue weighted by Crippen LogP contribution is 2.32. The van der Waals surface area contributed by atoms with Gasteiger partial charge in [0.15, 0.2) is 0 Å². The van der Waals surface area contributed by atoms with Gasteiger partial charge in [0, 0.05) is 59.2 Å². The molecule has 7 nitrogen and oxygen atoms in total. The zero-order chi connectivity index (χ0) is 22.2. The number of carbonyl (C=O) groups is 3. The molecule has 0 radical (unpaired) electrons. The number of rotatable bonds is 4. The van der Waals surface area contributed by atoms with Crippen molar-refractivity contribution >= 4 is 34.8 Å². The van der Waals surface area contributed by atoms with Crippen LogP contribution in [0.4, 0.5) is 16.2 Å². The van der Waals surface area contributed by atoms with E-state index >= 15 is 0 Å². The first-order valence-electron chi connectivity index (χ1n) is 9.53. The van der Waals surface area contributed by atoms with E-state index in [0.29, 0.717) is 5.57 Å². The summed E-state index contributed by atoms with van der Waals surface area (Å²) in [5.74, 6) is -1.21. The second kappa shape index (κ2) is 8.02. The third-order valence-corrected chi connectivity index (χ3v) is 5.21. The minimum absolute atomic E-state index is 0.0187. The number of amides is 4. The van der Waals surface area contributed by atoms with Gasteiger partial charge in [-0.05, 0) is 35.4 Å². The molecule has 4 amide bonds. The maximum Gasteiger partial charge on any atom is 0.333 e. The molecule has 1 heterocycles. The summed E-state index contributed by atoms with van der Waals surface area (Å²) in [5, 5.41) is 0. The first-order chi connectivity index (χ1) is 14.1. The lowest BCUT2D eigenvalue weighted by molar-refractivity contribution is -0.134. The molecule has 30 heavy (non-hydrogen) atoms. The highest BCUT2D eigenvalue weighted by molar-refractivity contribution is 6.33. The fourth-order valence-electron chi connectivity index (χ4n) is 3.35. The summed E-state index contributed by atoms with van der Waals surface area (Å²) >= 11 is 0. The molecule has 0 aromatic heterocycles. The molecule has 1 saturated heterocycles. The van der Waals surface area contributed by atoms with E-state index in [1.807, 2.05) is 86.5 Å². The third-order valence-electron chi connectivity index (χ3n) is 5.21. The summed E-state index contributed by atoms with van der Waals surface area (Å²) in [5.41, 5.74) is 3.94. The Morgan fingerprint density at radius 2 is 0.967 bits per heavy atom. The summed E-state index contributed by atoms with van der Waals surface area (Å²) in [7, 11) is 10.5. The van der Waals surface area contributed by atoms with Crippen LogP contribution in [0.3, 0.4) is 0 Å². The fourth-order valence-corrected chi connectivity index (χ4v) is 3.35. The van der Waals surface area contributed by atoms with Gasteiger partial charge in [-0.3, -0.25) is 19.4 Å². The fraction of sp³-hybridized carbons (Fsp3) is 0.261. The molecular formula is C23H26N4O3. The van der Waals surface area contributed by atoms with E-state index in [1.165, 1.54) is 14.1 Å². The zero-order valence-electron chi connectivity index (χ0n) is 18.1. The molecule has 7 heteroatoms. The van der Waals surface area contributed by atoms with E-state index in [1.54, 1.807) is 0 Å². The number of imide groups is 2. The van der Waals surface area contributed by atoms with Gasteiger partial charge in [-0.2, -0.15) is 0 Å². The molecular weight excluding hydrogens is 380 g/mol. The number of carbonyl (C=O) groups excluding carboxylic acids is 3. The van der Waals surface area contributed by atoms with Crippen molar-refractivity contribution in [3.05, 3.63) is 65.2 Å². The van der Waals surface area contributed by atoms with Gasteiger partial charge >= 0.3 is 6.03 Å². The first-order valence-corrected chi connectivity index (χ1v) is 9.53. The molecule has 2 aromatic rings. The Hall–Kier alpha value is -3.61. The Bertz CT molecular complexity index is 942. The van der Waals surface area contributed by atoms with Crippen LogP contribution in [0.2, 0.25) is 0 Å². The summed E-state index contributed by atoms with van der Waals surface area (Å²) in [6, 6.07) is 14.6. The second-order valence-corrected chi connectivity index (χ2v) is 7.64. The Morgan fingerprint density at radius 3 is 1.27 bits per heavy atom. The van der Waals surface area contributed by atoms with Crippen LogP contribution in [0, 0.1) is 0 Å². The molecule has 156 valence electrons. The topological polar surface area (TPSA) is 64.2 Å². The van der Waals surface area contributed by atoms with Crippen LogP contribution in [-0.4, -0.2) is 69.9 Å². The average molecular weight is 406 g/mol. The van der Waals surface area contributed by atoms with Crippen molar-refractivity contribution < 1.29 is 14.4 Å². The van der Waals surface area contributed by atoms with Crippen molar-refractivity contribution in [2.75, 3.05) is 52.1 Å². The molecule has 0 saturated carbocycles. The van der Waals surface area contributed by atoms with Crippen LogP contribution in [0.25, 0.3) is 5.57 Å². The zero-order valence-corrected chi connectivity index (χ0v) is 18.1. The van der Waals surface area contributed by atoms with Gasteiger partial charge in [0.05, 0.1) is 0 Å². The first kappa shape index (κ1) is 21.1. The number of nitrogens with zero attached hydrogens (tertiary/aromatic N) is 4. The van der Waals surface area contributed by atoms with Crippen molar-refractivity contribution in [2.24, 2.45) is 0 Å². The number of benzene rings is 2. The Labute approximate surface area is 176 Å². The lowest BCUT2D eigenvalue weighted by Crippen LogP contribution is -2.53. The quantitative estimate of drug-likeness (QED) is 0.577. The monoisotopic (exact) mass is 406 g/mol. The van der Waals surface area contributed by atoms with E-state index in [2.05, 4.69) is 0 Å². The predicted octanol–water partition coefficient (Wildman–Crippen LogP) is 2.67. The maximum absolute atomic E-state index is 13.0. The maximum atomic E-state index is 13.0. The van der Waals surface area contributed by atoms with E-state index < -0.39 is 17.8 Å². The van der Waals surface area contributed by atoms with Crippen LogP contribution >= 0.6 is 0 Å². The van der Waals surface area contributed by atoms with Gasteiger partial charge in [0.2, 0.25) is 0 Å². The highest BCUT2D eigenvalue weighted by Gasteiger charge is 2.40. The summed E-state index contributed by atoms with van der Waals surface area (Å²) in [6.07, 6.45) is 0. The van der Waals surface area contributed by atoms with Crippen LogP contribution in [0.1, 0.15) is 11.1 Å². The Kier molecular flexibility index (Phi) is 5.64. The van der Waals surface area contributed by atoms with Gasteiger partial charge in [0.1, 0.15) is 5.57 Å². The number of hydrogen-bond donors (Lipinski definition) is 0. The molecule has 3 rings (SSSR count). The van der Waals surface area contributed by atoms with Crippen molar-refractivity contribution in [3.63, 3.8) is 0 Å². The number of likely N-dealkylation sites (N-methyl/N-ethyl adjacent to an activating group) is 2. The number of anilines is 2. The van der Waals surface area contributed by atoms with Crippen LogP contribution in [-0.2, 0) is 9.59 Å². The molecule has 0 atom stereocenters. The standard InChI is InChI=1S/C23H26N4O3/c1-24(2)17-11-7-15(8-12-17)19(16-9-13-18(14-10-16)25(3)4)20-21(28)26(5)23(30)27(6)22(20)29/h7-14H,1-6H3. The van der Waals surface area contributed by atoms with Gasteiger partial charge in [-0.25, -0.2) is 4.79 Å². The van der Waals surface area contributed by atoms with Crippen molar-refractivity contribution in [2.45, 2.75) is 0 Å². The molecule has 0 unspecified atom stereocenters. The molecule has 0 N–H and O–H groups in total.